The molecule has 6 rings (SSSR count). The van der Waals surface area contributed by atoms with Gasteiger partial charge in [-0.3, -0.25) is 4.79 Å². The first-order valence-electron chi connectivity index (χ1n) is 12.6. The number of aromatic nitrogens is 2. The first kappa shape index (κ1) is 21.7. The number of H-pyrrole nitrogens is 1. The number of methoxy groups -OCH3 is 1. The molecule has 1 N–H and O–H groups in total. The van der Waals surface area contributed by atoms with Gasteiger partial charge in [0.2, 0.25) is 5.91 Å². The molecule has 0 aliphatic carbocycles. The van der Waals surface area contributed by atoms with E-state index < -0.39 is 5.41 Å². The van der Waals surface area contributed by atoms with Gasteiger partial charge in [-0.25, -0.2) is 4.98 Å². The summed E-state index contributed by atoms with van der Waals surface area (Å²) < 4.78 is 11.1. The summed E-state index contributed by atoms with van der Waals surface area (Å²) in [6, 6.07) is 15.2. The molecule has 3 fully saturated rings. The fraction of sp³-hybridized carbons (Fsp3) is 0.500. The molecule has 0 radical (unpaired) electrons. The van der Waals surface area contributed by atoms with E-state index in [1.165, 1.54) is 0 Å². The van der Waals surface area contributed by atoms with E-state index in [4.69, 9.17) is 14.5 Å². The second kappa shape index (κ2) is 8.73. The van der Waals surface area contributed by atoms with Gasteiger partial charge in [0.15, 0.2) is 0 Å². The minimum atomic E-state index is -0.488. The number of fused-ring (bicyclic) bond motifs is 3. The molecule has 178 valence electrons. The second-order valence-corrected chi connectivity index (χ2v) is 10.3. The van der Waals surface area contributed by atoms with Crippen molar-refractivity contribution >= 4 is 16.9 Å². The molecule has 3 aliphatic rings. The highest BCUT2D eigenvalue weighted by atomic mass is 16.5. The molecule has 2 atom stereocenters. The third kappa shape index (κ3) is 3.68. The van der Waals surface area contributed by atoms with Crippen LogP contribution in [0.2, 0.25) is 0 Å². The quantitative estimate of drug-likeness (QED) is 0.604. The Morgan fingerprint density at radius 2 is 1.82 bits per heavy atom. The van der Waals surface area contributed by atoms with E-state index in [0.29, 0.717) is 37.1 Å². The average Bonchev–Trinajstić information content (AvgIpc) is 3.45. The van der Waals surface area contributed by atoms with Gasteiger partial charge in [-0.05, 0) is 86.8 Å². The van der Waals surface area contributed by atoms with Crippen LogP contribution in [0.1, 0.15) is 49.8 Å². The molecule has 5 heterocycles. The Balaban J connectivity index is 1.22. The third-order valence-corrected chi connectivity index (χ3v) is 8.43. The number of amides is 1. The van der Waals surface area contributed by atoms with Crippen LogP contribution in [0.15, 0.2) is 48.7 Å². The number of hydrogen-bond acceptors (Lipinski definition) is 4. The molecule has 6 nitrogen and oxygen atoms in total. The van der Waals surface area contributed by atoms with Crippen molar-refractivity contribution in [2.75, 3.05) is 20.3 Å². The Hall–Kier alpha value is -2.86. The minimum Gasteiger partial charge on any atom is -0.497 e. The van der Waals surface area contributed by atoms with E-state index in [0.717, 1.165) is 73.0 Å². The topological polar surface area (TPSA) is 67.5 Å². The summed E-state index contributed by atoms with van der Waals surface area (Å²) in [5.41, 5.74) is 2.73. The van der Waals surface area contributed by atoms with Crippen LogP contribution in [0.5, 0.6) is 5.75 Å². The number of piperidine rings is 1. The van der Waals surface area contributed by atoms with Crippen molar-refractivity contribution in [3.63, 3.8) is 0 Å². The largest absolute Gasteiger partial charge is 0.497 e. The predicted octanol–water partition coefficient (Wildman–Crippen LogP) is 4.63. The highest BCUT2D eigenvalue weighted by molar-refractivity contribution is 5.89. The molecule has 2 bridgehead atoms. The zero-order chi connectivity index (χ0) is 23.1. The number of rotatable bonds is 5. The standard InChI is InChI=1S/C28H33N3O3/c1-33-25-8-3-21(4-9-25)28(11-14-34-15-12-28)27(32)31-23-6-7-24(31)18-19(17-23)16-22-5-2-20-10-13-29-26(20)30-22/h2-5,8-10,13,19,23-24H,6-7,11-12,14-18H2,1H3,(H,29,30). The number of nitrogens with zero attached hydrogens (tertiary/aromatic N) is 2. The van der Waals surface area contributed by atoms with Gasteiger partial charge in [-0.1, -0.05) is 12.1 Å². The number of carbonyl (C=O) groups excluding carboxylic acids is 1. The van der Waals surface area contributed by atoms with Crippen molar-refractivity contribution in [1.29, 1.82) is 0 Å². The Kier molecular flexibility index (Phi) is 5.56. The fourth-order valence-corrected chi connectivity index (χ4v) is 6.67. The molecule has 1 amide bonds. The van der Waals surface area contributed by atoms with Crippen molar-refractivity contribution < 1.29 is 14.3 Å². The maximum Gasteiger partial charge on any atom is 0.233 e. The van der Waals surface area contributed by atoms with Gasteiger partial charge in [0.05, 0.1) is 12.5 Å². The van der Waals surface area contributed by atoms with E-state index in [1.54, 1.807) is 7.11 Å². The van der Waals surface area contributed by atoms with Gasteiger partial charge < -0.3 is 19.4 Å². The maximum atomic E-state index is 14.3. The number of benzene rings is 1. The van der Waals surface area contributed by atoms with Crippen LogP contribution in [0.25, 0.3) is 11.0 Å². The molecule has 2 unspecified atom stereocenters. The summed E-state index contributed by atoms with van der Waals surface area (Å²) in [6.45, 7) is 1.27. The van der Waals surface area contributed by atoms with E-state index in [-0.39, 0.29) is 0 Å². The van der Waals surface area contributed by atoms with Crippen LogP contribution in [0.3, 0.4) is 0 Å². The number of hydrogen-bond donors (Lipinski definition) is 1. The lowest BCUT2D eigenvalue weighted by atomic mass is 9.72. The Labute approximate surface area is 200 Å². The van der Waals surface area contributed by atoms with Crippen molar-refractivity contribution in [2.45, 2.75) is 62.4 Å². The summed E-state index contributed by atoms with van der Waals surface area (Å²) >= 11 is 0. The number of nitrogens with one attached hydrogen (secondary N) is 1. The highest BCUT2D eigenvalue weighted by Crippen LogP contribution is 2.45. The minimum absolute atomic E-state index is 0.317. The summed E-state index contributed by atoms with van der Waals surface area (Å²) in [7, 11) is 1.68. The molecule has 34 heavy (non-hydrogen) atoms. The molecule has 3 saturated heterocycles. The third-order valence-electron chi connectivity index (χ3n) is 8.43. The van der Waals surface area contributed by atoms with Crippen LogP contribution in [0, 0.1) is 5.92 Å². The molecule has 0 saturated carbocycles. The molecular formula is C28H33N3O3. The molecule has 3 aliphatic heterocycles. The lowest BCUT2D eigenvalue weighted by Crippen LogP contribution is -2.56. The zero-order valence-corrected chi connectivity index (χ0v) is 19.8. The number of carbonyl (C=O) groups is 1. The van der Waals surface area contributed by atoms with Crippen LogP contribution in [0.4, 0.5) is 0 Å². The number of ether oxygens (including phenoxy) is 2. The van der Waals surface area contributed by atoms with Gasteiger partial charge in [-0.2, -0.15) is 0 Å². The van der Waals surface area contributed by atoms with E-state index in [1.807, 2.05) is 18.3 Å². The Bertz CT molecular complexity index is 1150. The molecular weight excluding hydrogens is 426 g/mol. The average molecular weight is 460 g/mol. The zero-order valence-electron chi connectivity index (χ0n) is 19.8. The van der Waals surface area contributed by atoms with Gasteiger partial charge in [0, 0.05) is 42.6 Å². The smallest absolute Gasteiger partial charge is 0.233 e. The normalized spacial score (nSPS) is 26.0. The van der Waals surface area contributed by atoms with Crippen molar-refractivity contribution in [2.24, 2.45) is 5.92 Å². The Morgan fingerprint density at radius 1 is 1.09 bits per heavy atom. The monoisotopic (exact) mass is 459 g/mol. The summed E-state index contributed by atoms with van der Waals surface area (Å²) in [6.07, 6.45) is 8.80. The summed E-state index contributed by atoms with van der Waals surface area (Å²) in [4.78, 5) is 24.6. The number of pyridine rings is 1. The van der Waals surface area contributed by atoms with E-state index >= 15 is 0 Å². The van der Waals surface area contributed by atoms with E-state index in [2.05, 4.69) is 40.2 Å². The SMILES string of the molecule is COc1ccc(C2(C(=O)N3C4CCC3CC(Cc3ccc5cc[nH]c5n3)C4)CCOCC2)cc1. The molecule has 3 aromatic rings. The van der Waals surface area contributed by atoms with Crippen LogP contribution in [-0.4, -0.2) is 53.2 Å². The fourth-order valence-electron chi connectivity index (χ4n) is 6.67. The molecule has 1 aromatic carbocycles. The van der Waals surface area contributed by atoms with Gasteiger partial charge in [-0.15, -0.1) is 0 Å². The van der Waals surface area contributed by atoms with Crippen LogP contribution >= 0.6 is 0 Å². The van der Waals surface area contributed by atoms with Crippen molar-refractivity contribution in [3.8, 4) is 5.75 Å². The molecule has 0 spiro atoms. The van der Waals surface area contributed by atoms with Crippen molar-refractivity contribution in [3.05, 3.63) is 59.9 Å². The summed E-state index contributed by atoms with van der Waals surface area (Å²) in [5.74, 6) is 1.72. The van der Waals surface area contributed by atoms with Gasteiger partial charge >= 0.3 is 0 Å². The lowest BCUT2D eigenvalue weighted by molar-refractivity contribution is -0.146. The molecule has 6 heteroatoms. The van der Waals surface area contributed by atoms with Crippen LogP contribution in [-0.2, 0) is 21.4 Å². The maximum absolute atomic E-state index is 14.3. The first-order valence-corrected chi connectivity index (χ1v) is 12.6. The van der Waals surface area contributed by atoms with E-state index in [9.17, 15) is 4.79 Å². The Morgan fingerprint density at radius 3 is 2.53 bits per heavy atom. The van der Waals surface area contributed by atoms with Gasteiger partial charge in [0.1, 0.15) is 11.4 Å². The first-order chi connectivity index (χ1) is 16.7. The lowest BCUT2D eigenvalue weighted by Gasteiger charge is -2.46. The molecule has 2 aromatic heterocycles. The van der Waals surface area contributed by atoms with Crippen molar-refractivity contribution in [1.82, 2.24) is 14.9 Å². The predicted molar refractivity (Wildman–Crippen MR) is 131 cm³/mol. The second-order valence-electron chi connectivity index (χ2n) is 10.3. The highest BCUT2D eigenvalue weighted by Gasteiger charge is 2.51. The number of aromatic amines is 1. The summed E-state index contributed by atoms with van der Waals surface area (Å²) in [5, 5.41) is 1.16. The van der Waals surface area contributed by atoms with Crippen LogP contribution < -0.4 is 4.74 Å². The van der Waals surface area contributed by atoms with Gasteiger partial charge in [0.25, 0.3) is 0 Å².